The van der Waals surface area contributed by atoms with Crippen LogP contribution in [-0.4, -0.2) is 83.9 Å². The number of terminal acetylenes is 2. The summed E-state index contributed by atoms with van der Waals surface area (Å²) in [5.41, 5.74) is -0.172. The Kier molecular flexibility index (Phi) is 20.1. The van der Waals surface area contributed by atoms with E-state index < -0.39 is 34.7 Å². The lowest BCUT2D eigenvalue weighted by molar-refractivity contribution is -0.173. The van der Waals surface area contributed by atoms with Gasteiger partial charge in [-0.1, -0.05) is 24.0 Å². The van der Waals surface area contributed by atoms with Crippen molar-refractivity contribution in [2.24, 2.45) is 10.8 Å². The van der Waals surface area contributed by atoms with Gasteiger partial charge in [-0.25, -0.2) is 0 Å². The summed E-state index contributed by atoms with van der Waals surface area (Å²) in [5.74, 6) is 6.42. The average Bonchev–Trinajstić information content (AvgIpc) is 3.44. The van der Waals surface area contributed by atoms with E-state index in [1.165, 1.54) is 0 Å². The molecule has 46 heavy (non-hydrogen) atoms. The summed E-state index contributed by atoms with van der Waals surface area (Å²) in [7, 11) is 0. The van der Waals surface area contributed by atoms with Crippen LogP contribution in [0.4, 0.5) is 0 Å². The van der Waals surface area contributed by atoms with Gasteiger partial charge < -0.3 is 39.4 Å². The van der Waals surface area contributed by atoms with E-state index in [1.54, 1.807) is 39.8 Å². The third-order valence-corrected chi connectivity index (χ3v) is 6.60. The Bertz CT molecular complexity index is 1210. The third-order valence-electron chi connectivity index (χ3n) is 6.60. The lowest BCUT2D eigenvalue weighted by Crippen LogP contribution is -2.43. The molecule has 0 atom stereocenters. The van der Waals surface area contributed by atoms with E-state index in [0.717, 1.165) is 11.1 Å². The van der Waals surface area contributed by atoms with Gasteiger partial charge in [0.05, 0.1) is 39.6 Å². The first-order valence-electron chi connectivity index (χ1n) is 14.6. The number of esters is 4. The molecular formula is C34H44O12. The fourth-order valence-electron chi connectivity index (χ4n) is 4.47. The molecule has 1 aromatic carbocycles. The number of hydrogen-bond acceptors (Lipinski definition) is 12. The van der Waals surface area contributed by atoms with Gasteiger partial charge in [0.25, 0.3) is 0 Å². The molecule has 2 rings (SSSR count). The maximum Gasteiger partial charge on any atom is 0.325 e. The Morgan fingerprint density at radius 1 is 0.696 bits per heavy atom. The van der Waals surface area contributed by atoms with Gasteiger partial charge in [0.15, 0.2) is 10.8 Å². The number of benzene rings is 1. The maximum absolute atomic E-state index is 12.4. The summed E-state index contributed by atoms with van der Waals surface area (Å²) < 4.78 is 19.9. The molecule has 0 aliphatic heterocycles. The summed E-state index contributed by atoms with van der Waals surface area (Å²) in [5, 5.41) is 34.6. The Hall–Kier alpha value is -4.38. The van der Waals surface area contributed by atoms with Crippen LogP contribution in [0.1, 0.15) is 62.8 Å². The minimum atomic E-state index is -1.57. The molecule has 0 spiro atoms. The Balaban J connectivity index is 0.000000774. The van der Waals surface area contributed by atoms with Crippen molar-refractivity contribution >= 4 is 23.9 Å². The number of ether oxygens (including phenoxy) is 4. The molecule has 0 fully saturated rings. The van der Waals surface area contributed by atoms with Gasteiger partial charge in [0.1, 0.15) is 13.2 Å². The van der Waals surface area contributed by atoms with Crippen LogP contribution in [0.3, 0.4) is 0 Å². The third kappa shape index (κ3) is 11.2. The molecule has 1 aliphatic carbocycles. The SMILES string of the molecule is C#CCC(CC#C)(C(=O)OCC)C(=O)OCC.CCOC(=O)C1(C(=O)OCC)Cc2cc(CO)c(CO)cc2C1.OCC#CCO. The molecule has 4 N–H and O–H groups in total. The van der Waals surface area contributed by atoms with Crippen LogP contribution in [0.25, 0.3) is 0 Å². The maximum atomic E-state index is 12.4. The summed E-state index contributed by atoms with van der Waals surface area (Å²) in [6.45, 7) is 6.55. The van der Waals surface area contributed by atoms with Crippen LogP contribution >= 0.6 is 0 Å². The van der Waals surface area contributed by atoms with Crippen molar-refractivity contribution in [3.05, 3.63) is 34.4 Å². The monoisotopic (exact) mass is 644 g/mol. The number of hydrogen-bond donors (Lipinski definition) is 4. The second-order valence-corrected chi connectivity index (χ2v) is 9.54. The van der Waals surface area contributed by atoms with Crippen molar-refractivity contribution in [2.75, 3.05) is 39.6 Å². The largest absolute Gasteiger partial charge is 0.465 e. The molecule has 12 heteroatoms. The molecule has 0 bridgehead atoms. The Morgan fingerprint density at radius 2 is 1.04 bits per heavy atom. The van der Waals surface area contributed by atoms with Crippen LogP contribution in [0.2, 0.25) is 0 Å². The summed E-state index contributed by atoms with van der Waals surface area (Å²) in [4.78, 5) is 48.6. The quantitative estimate of drug-likeness (QED) is 0.110. The standard InChI is InChI=1S/C17H22O6.C13H16O4.C4H6O2/c1-3-22-15(20)17(16(21)23-4-2)7-11-5-13(9-18)14(10-19)6-12(11)8-17;1-5-9-13(10-6-2,11(14)16-7-3)12(15)17-8-4;5-3-1-2-4-6/h5-6,18-19H,3-4,7-10H2,1-2H3;1-2H,7-10H2,3-4H3;5-6H,3-4H2. The first kappa shape index (κ1) is 41.6. The zero-order valence-electron chi connectivity index (χ0n) is 26.8. The zero-order chi connectivity index (χ0) is 35.2. The average molecular weight is 645 g/mol. The molecule has 0 unspecified atom stereocenters. The fourth-order valence-corrected chi connectivity index (χ4v) is 4.47. The summed E-state index contributed by atoms with van der Waals surface area (Å²) >= 11 is 0. The highest BCUT2D eigenvalue weighted by Crippen LogP contribution is 2.40. The van der Waals surface area contributed by atoms with Crippen LogP contribution in [0, 0.1) is 47.4 Å². The molecule has 1 aliphatic rings. The lowest BCUT2D eigenvalue weighted by atomic mass is 9.81. The minimum absolute atomic E-state index is 0.130. The fraction of sp³-hybridized carbons (Fsp3) is 0.529. The van der Waals surface area contributed by atoms with Gasteiger partial charge >= 0.3 is 23.9 Å². The molecule has 0 saturated heterocycles. The van der Waals surface area contributed by atoms with E-state index in [9.17, 15) is 29.4 Å². The van der Waals surface area contributed by atoms with Crippen molar-refractivity contribution in [3.63, 3.8) is 0 Å². The van der Waals surface area contributed by atoms with Crippen molar-refractivity contribution in [2.45, 2.75) is 66.6 Å². The van der Waals surface area contributed by atoms with Gasteiger partial charge in [-0.3, -0.25) is 19.2 Å². The highest BCUT2D eigenvalue weighted by Gasteiger charge is 2.53. The molecule has 0 amide bonds. The molecule has 1 aromatic rings. The molecular weight excluding hydrogens is 600 g/mol. The van der Waals surface area contributed by atoms with Crippen molar-refractivity contribution < 1.29 is 58.6 Å². The van der Waals surface area contributed by atoms with Gasteiger partial charge in [0, 0.05) is 12.8 Å². The van der Waals surface area contributed by atoms with Crippen molar-refractivity contribution in [1.29, 1.82) is 0 Å². The smallest absolute Gasteiger partial charge is 0.325 e. The van der Waals surface area contributed by atoms with Crippen molar-refractivity contribution in [3.8, 4) is 36.5 Å². The first-order chi connectivity index (χ1) is 22.0. The minimum Gasteiger partial charge on any atom is -0.465 e. The van der Waals surface area contributed by atoms with Crippen LogP contribution in [0.15, 0.2) is 12.1 Å². The van der Waals surface area contributed by atoms with E-state index in [4.69, 9.17) is 42.0 Å². The number of aliphatic hydroxyl groups excluding tert-OH is 4. The van der Waals surface area contributed by atoms with Crippen LogP contribution in [0.5, 0.6) is 0 Å². The summed E-state index contributed by atoms with van der Waals surface area (Å²) in [6.07, 6.45) is 10.5. The first-order valence-corrected chi connectivity index (χ1v) is 14.6. The van der Waals surface area contributed by atoms with E-state index in [0.29, 0.717) is 11.1 Å². The topological polar surface area (TPSA) is 186 Å². The predicted molar refractivity (Wildman–Crippen MR) is 166 cm³/mol. The predicted octanol–water partition coefficient (Wildman–Crippen LogP) is 1.00. The molecule has 0 aromatic heterocycles. The molecule has 0 saturated carbocycles. The van der Waals surface area contributed by atoms with E-state index >= 15 is 0 Å². The lowest BCUT2D eigenvalue weighted by Gasteiger charge is -2.25. The number of rotatable bonds is 12. The molecule has 0 radical (unpaired) electrons. The molecule has 252 valence electrons. The van der Waals surface area contributed by atoms with E-state index in [-0.39, 0.29) is 78.5 Å². The number of carbonyl (C=O) groups is 4. The van der Waals surface area contributed by atoms with Gasteiger partial charge in [-0.05, 0) is 62.8 Å². The van der Waals surface area contributed by atoms with Crippen molar-refractivity contribution in [1.82, 2.24) is 0 Å². The highest BCUT2D eigenvalue weighted by atomic mass is 16.6. The van der Waals surface area contributed by atoms with Gasteiger partial charge in [-0.2, -0.15) is 0 Å². The molecule has 12 nitrogen and oxygen atoms in total. The number of aliphatic hydroxyl groups is 4. The second kappa shape index (κ2) is 22.2. The molecule has 0 heterocycles. The number of carbonyl (C=O) groups excluding carboxylic acids is 4. The summed E-state index contributed by atoms with van der Waals surface area (Å²) in [6, 6.07) is 3.47. The van der Waals surface area contributed by atoms with E-state index in [1.807, 2.05) is 0 Å². The Morgan fingerprint density at radius 3 is 1.30 bits per heavy atom. The zero-order valence-corrected chi connectivity index (χ0v) is 26.8. The highest BCUT2D eigenvalue weighted by molar-refractivity contribution is 6.02. The van der Waals surface area contributed by atoms with Crippen LogP contribution in [-0.2, 0) is 64.2 Å². The number of fused-ring (bicyclic) bond motifs is 1. The van der Waals surface area contributed by atoms with Crippen LogP contribution < -0.4 is 0 Å². The van der Waals surface area contributed by atoms with E-state index in [2.05, 4.69) is 23.7 Å². The Labute approximate surface area is 270 Å². The van der Waals surface area contributed by atoms with Gasteiger partial charge in [-0.15, -0.1) is 24.7 Å². The second-order valence-electron chi connectivity index (χ2n) is 9.54. The van der Waals surface area contributed by atoms with Gasteiger partial charge in [0.2, 0.25) is 0 Å². The normalized spacial score (nSPS) is 12.0.